The Kier molecular flexibility index (Phi) is 5.39. The molecular weight excluding hydrogens is 348 g/mol. The predicted octanol–water partition coefficient (Wildman–Crippen LogP) is 1.99. The van der Waals surface area contributed by atoms with E-state index in [4.69, 9.17) is 4.74 Å². The molecule has 0 spiro atoms. The third-order valence-electron chi connectivity index (χ3n) is 3.90. The van der Waals surface area contributed by atoms with Gasteiger partial charge in [-0.05, 0) is 31.2 Å². The fourth-order valence-corrected chi connectivity index (χ4v) is 2.55. The number of benzene rings is 1. The molecule has 1 fully saturated rings. The number of ether oxygens (including phenoxy) is 1. The van der Waals surface area contributed by atoms with Crippen LogP contribution < -0.4 is 15.5 Å². The van der Waals surface area contributed by atoms with E-state index in [9.17, 15) is 9.59 Å². The average Bonchev–Trinajstić information content (AvgIpc) is 3.01. The maximum atomic E-state index is 12.0. The Labute approximate surface area is 157 Å². The second kappa shape index (κ2) is 7.90. The van der Waals surface area contributed by atoms with Crippen molar-refractivity contribution >= 4 is 35.1 Å². The van der Waals surface area contributed by atoms with Gasteiger partial charge in [0, 0.05) is 37.2 Å². The van der Waals surface area contributed by atoms with E-state index in [-0.39, 0.29) is 12.5 Å². The Morgan fingerprint density at radius 3 is 2.56 bits per heavy atom. The minimum atomic E-state index is -0.458. The number of amides is 2. The van der Waals surface area contributed by atoms with Crippen molar-refractivity contribution in [3.63, 3.8) is 0 Å². The SMILES string of the molecule is Cc1cc(N(C)C)nc(Nc2ccc(NC(=O)CN3CCOC3=O)cc2)n1. The van der Waals surface area contributed by atoms with Crippen LogP contribution >= 0.6 is 0 Å². The highest BCUT2D eigenvalue weighted by Crippen LogP contribution is 2.19. The summed E-state index contributed by atoms with van der Waals surface area (Å²) in [6.45, 7) is 2.64. The van der Waals surface area contributed by atoms with Crippen LogP contribution in [-0.2, 0) is 9.53 Å². The number of hydrogen-bond donors (Lipinski definition) is 2. The lowest BCUT2D eigenvalue weighted by molar-refractivity contribution is -0.116. The van der Waals surface area contributed by atoms with Gasteiger partial charge < -0.3 is 20.3 Å². The van der Waals surface area contributed by atoms with Crippen molar-refractivity contribution in [1.29, 1.82) is 0 Å². The molecule has 0 atom stereocenters. The van der Waals surface area contributed by atoms with Crippen LogP contribution in [0, 0.1) is 6.92 Å². The van der Waals surface area contributed by atoms with Crippen LogP contribution in [0.2, 0.25) is 0 Å². The predicted molar refractivity (Wildman–Crippen MR) is 102 cm³/mol. The Hall–Kier alpha value is -3.36. The smallest absolute Gasteiger partial charge is 0.410 e. The lowest BCUT2D eigenvalue weighted by atomic mass is 10.2. The second-order valence-corrected chi connectivity index (χ2v) is 6.37. The number of anilines is 4. The van der Waals surface area contributed by atoms with Gasteiger partial charge in [-0.15, -0.1) is 0 Å². The van der Waals surface area contributed by atoms with Crippen molar-refractivity contribution < 1.29 is 14.3 Å². The fourth-order valence-electron chi connectivity index (χ4n) is 2.55. The van der Waals surface area contributed by atoms with E-state index in [2.05, 4.69) is 20.6 Å². The van der Waals surface area contributed by atoms with Gasteiger partial charge in [0.15, 0.2) is 0 Å². The van der Waals surface area contributed by atoms with E-state index in [1.54, 1.807) is 12.1 Å². The van der Waals surface area contributed by atoms with E-state index >= 15 is 0 Å². The van der Waals surface area contributed by atoms with Crippen LogP contribution in [0.3, 0.4) is 0 Å². The molecule has 1 aromatic heterocycles. The number of carbonyl (C=O) groups excluding carboxylic acids is 2. The standard InChI is InChI=1S/C18H22N6O3/c1-12-10-15(23(2)3)22-17(19-12)21-14-6-4-13(5-7-14)20-16(25)11-24-8-9-27-18(24)26/h4-7,10H,8-9,11H2,1-3H3,(H,20,25)(H,19,21,22). The number of nitrogens with zero attached hydrogens (tertiary/aromatic N) is 4. The van der Waals surface area contributed by atoms with Crippen LogP contribution in [0.1, 0.15) is 5.69 Å². The molecule has 9 heteroatoms. The summed E-state index contributed by atoms with van der Waals surface area (Å²) in [6, 6.07) is 9.08. The third-order valence-corrected chi connectivity index (χ3v) is 3.90. The van der Waals surface area contributed by atoms with Gasteiger partial charge in [-0.3, -0.25) is 9.69 Å². The topological polar surface area (TPSA) is 99.7 Å². The van der Waals surface area contributed by atoms with Crippen molar-refractivity contribution in [3.05, 3.63) is 36.0 Å². The lowest BCUT2D eigenvalue weighted by Gasteiger charge is -2.14. The van der Waals surface area contributed by atoms with E-state index in [0.29, 0.717) is 24.8 Å². The first-order valence-corrected chi connectivity index (χ1v) is 8.52. The number of aromatic nitrogens is 2. The first-order chi connectivity index (χ1) is 12.9. The zero-order valence-electron chi connectivity index (χ0n) is 15.5. The summed E-state index contributed by atoms with van der Waals surface area (Å²) >= 11 is 0. The Morgan fingerprint density at radius 1 is 1.22 bits per heavy atom. The van der Waals surface area contributed by atoms with Crippen molar-refractivity contribution in [2.24, 2.45) is 0 Å². The number of rotatable bonds is 6. The molecule has 1 saturated heterocycles. The van der Waals surface area contributed by atoms with Gasteiger partial charge in [-0.2, -0.15) is 4.98 Å². The Bertz CT molecular complexity index is 837. The lowest BCUT2D eigenvalue weighted by Crippen LogP contribution is -2.33. The quantitative estimate of drug-likeness (QED) is 0.802. The van der Waals surface area contributed by atoms with Crippen LogP contribution in [0.25, 0.3) is 0 Å². The van der Waals surface area contributed by atoms with Crippen LogP contribution in [0.15, 0.2) is 30.3 Å². The number of carbonyl (C=O) groups is 2. The van der Waals surface area contributed by atoms with Crippen LogP contribution in [-0.4, -0.2) is 60.7 Å². The number of cyclic esters (lactones) is 1. The maximum Gasteiger partial charge on any atom is 0.410 e. The van der Waals surface area contributed by atoms with E-state index in [1.807, 2.05) is 44.1 Å². The summed E-state index contributed by atoms with van der Waals surface area (Å²) in [4.78, 5) is 35.5. The zero-order valence-corrected chi connectivity index (χ0v) is 15.5. The van der Waals surface area contributed by atoms with Crippen LogP contribution in [0.4, 0.5) is 27.9 Å². The molecule has 0 aliphatic carbocycles. The molecule has 2 amide bonds. The summed E-state index contributed by atoms with van der Waals surface area (Å²) in [6.07, 6.45) is -0.458. The Morgan fingerprint density at radius 2 is 1.93 bits per heavy atom. The Balaban J connectivity index is 1.60. The molecule has 142 valence electrons. The van der Waals surface area contributed by atoms with Gasteiger partial charge in [0.25, 0.3) is 0 Å². The van der Waals surface area contributed by atoms with Gasteiger partial charge in [-0.1, -0.05) is 0 Å². The fraction of sp³-hybridized carbons (Fsp3) is 0.333. The molecule has 9 nitrogen and oxygen atoms in total. The maximum absolute atomic E-state index is 12.0. The molecule has 0 unspecified atom stereocenters. The highest BCUT2D eigenvalue weighted by molar-refractivity contribution is 5.94. The summed E-state index contributed by atoms with van der Waals surface area (Å²) in [5, 5.41) is 5.91. The number of hydrogen-bond acceptors (Lipinski definition) is 7. The summed E-state index contributed by atoms with van der Waals surface area (Å²) < 4.78 is 4.80. The number of nitrogens with one attached hydrogen (secondary N) is 2. The van der Waals surface area contributed by atoms with Gasteiger partial charge in [0.05, 0.1) is 6.54 Å². The monoisotopic (exact) mass is 370 g/mol. The molecule has 2 aromatic rings. The minimum Gasteiger partial charge on any atom is -0.448 e. The van der Waals surface area contributed by atoms with E-state index in [1.165, 1.54) is 4.90 Å². The van der Waals surface area contributed by atoms with Crippen molar-refractivity contribution in [2.45, 2.75) is 6.92 Å². The van der Waals surface area contributed by atoms with Gasteiger partial charge >= 0.3 is 6.09 Å². The average molecular weight is 370 g/mol. The molecule has 0 bridgehead atoms. The molecule has 2 heterocycles. The first-order valence-electron chi connectivity index (χ1n) is 8.52. The van der Waals surface area contributed by atoms with Gasteiger partial charge in [-0.25, -0.2) is 9.78 Å². The highest BCUT2D eigenvalue weighted by atomic mass is 16.6. The van der Waals surface area contributed by atoms with Crippen LogP contribution in [0.5, 0.6) is 0 Å². The molecule has 3 rings (SSSR count). The molecule has 0 saturated carbocycles. The van der Waals surface area contributed by atoms with Gasteiger partial charge in [0.2, 0.25) is 11.9 Å². The third kappa shape index (κ3) is 4.84. The first kappa shape index (κ1) is 18.4. The second-order valence-electron chi connectivity index (χ2n) is 6.37. The molecule has 0 radical (unpaired) electrons. The van der Waals surface area contributed by atoms with E-state index in [0.717, 1.165) is 17.2 Å². The molecule has 2 N–H and O–H groups in total. The molecule has 1 aliphatic heterocycles. The highest BCUT2D eigenvalue weighted by Gasteiger charge is 2.24. The van der Waals surface area contributed by atoms with Gasteiger partial charge in [0.1, 0.15) is 19.0 Å². The molecule has 27 heavy (non-hydrogen) atoms. The number of aryl methyl sites for hydroxylation is 1. The molecular formula is C18H22N6O3. The minimum absolute atomic E-state index is 0.0245. The van der Waals surface area contributed by atoms with Crippen molar-refractivity contribution in [3.8, 4) is 0 Å². The normalized spacial score (nSPS) is 13.3. The zero-order chi connectivity index (χ0) is 19.4. The summed E-state index contributed by atoms with van der Waals surface area (Å²) in [5.74, 6) is 1.05. The molecule has 1 aliphatic rings. The van der Waals surface area contributed by atoms with E-state index < -0.39 is 6.09 Å². The van der Waals surface area contributed by atoms with Crippen molar-refractivity contribution in [2.75, 3.05) is 49.3 Å². The van der Waals surface area contributed by atoms with Crippen molar-refractivity contribution in [1.82, 2.24) is 14.9 Å². The summed E-state index contributed by atoms with van der Waals surface area (Å²) in [5.41, 5.74) is 2.30. The summed E-state index contributed by atoms with van der Waals surface area (Å²) in [7, 11) is 3.84. The largest absolute Gasteiger partial charge is 0.448 e. The molecule has 1 aromatic carbocycles.